The van der Waals surface area contributed by atoms with E-state index in [1.807, 2.05) is 12.1 Å². The van der Waals surface area contributed by atoms with Crippen LogP contribution in [-0.4, -0.2) is 20.9 Å². The van der Waals surface area contributed by atoms with E-state index >= 15 is 0 Å². The molecular formula is C14H9ClN4O. The molecule has 0 radical (unpaired) electrons. The van der Waals surface area contributed by atoms with Crippen molar-refractivity contribution in [3.05, 3.63) is 59.6 Å². The minimum absolute atomic E-state index is 0.0884. The van der Waals surface area contributed by atoms with Gasteiger partial charge in [0.1, 0.15) is 5.82 Å². The highest BCUT2D eigenvalue weighted by molar-refractivity contribution is 6.28. The maximum absolute atomic E-state index is 12.1. The average molecular weight is 285 g/mol. The third-order valence-corrected chi connectivity index (χ3v) is 2.92. The molecule has 1 aromatic carbocycles. The van der Waals surface area contributed by atoms with Gasteiger partial charge < -0.3 is 5.32 Å². The molecule has 1 N–H and O–H groups in total. The Morgan fingerprint density at radius 1 is 1.10 bits per heavy atom. The Morgan fingerprint density at radius 3 is 2.85 bits per heavy atom. The van der Waals surface area contributed by atoms with Crippen LogP contribution in [0.15, 0.2) is 48.8 Å². The summed E-state index contributed by atoms with van der Waals surface area (Å²) in [6.45, 7) is 0. The first-order chi connectivity index (χ1) is 9.72. The smallest absolute Gasteiger partial charge is 0.256 e. The number of benzene rings is 1. The fourth-order valence-electron chi connectivity index (χ4n) is 1.81. The molecule has 5 nitrogen and oxygen atoms in total. The largest absolute Gasteiger partial charge is 0.306 e. The van der Waals surface area contributed by atoms with Crippen molar-refractivity contribution in [3.8, 4) is 0 Å². The lowest BCUT2D eigenvalue weighted by atomic mass is 10.1. The minimum atomic E-state index is -0.259. The fraction of sp³-hybridized carbons (Fsp3) is 0. The number of fused-ring (bicyclic) bond motifs is 1. The highest BCUT2D eigenvalue weighted by atomic mass is 35.5. The maximum Gasteiger partial charge on any atom is 0.256 e. The van der Waals surface area contributed by atoms with Crippen LogP contribution in [0, 0.1) is 0 Å². The van der Waals surface area contributed by atoms with Crippen LogP contribution >= 0.6 is 11.6 Å². The monoisotopic (exact) mass is 284 g/mol. The SMILES string of the molecule is O=C(Nc1ccnc(Cl)n1)c1ccc2ncccc2c1. The molecule has 6 heteroatoms. The second-order valence-corrected chi connectivity index (χ2v) is 4.41. The third kappa shape index (κ3) is 2.57. The molecule has 0 spiro atoms. The standard InChI is InChI=1S/C14H9ClN4O/c15-14-17-7-5-12(19-14)18-13(20)10-3-4-11-9(8-10)2-1-6-16-11/h1-8H,(H,17,18,19,20). The second kappa shape index (κ2) is 5.22. The maximum atomic E-state index is 12.1. The van der Waals surface area contributed by atoms with Crippen LogP contribution in [0.25, 0.3) is 10.9 Å². The second-order valence-electron chi connectivity index (χ2n) is 4.08. The first kappa shape index (κ1) is 12.5. The molecule has 0 bridgehead atoms. The molecule has 3 rings (SSSR count). The van der Waals surface area contributed by atoms with Gasteiger partial charge in [0.15, 0.2) is 0 Å². The zero-order valence-electron chi connectivity index (χ0n) is 10.2. The van der Waals surface area contributed by atoms with Crippen molar-refractivity contribution in [1.82, 2.24) is 15.0 Å². The van der Waals surface area contributed by atoms with Crippen LogP contribution < -0.4 is 5.32 Å². The van der Waals surface area contributed by atoms with Gasteiger partial charge in [-0.25, -0.2) is 9.97 Å². The van der Waals surface area contributed by atoms with Gasteiger partial charge in [-0.2, -0.15) is 0 Å². The third-order valence-electron chi connectivity index (χ3n) is 2.73. The summed E-state index contributed by atoms with van der Waals surface area (Å²) in [5.41, 5.74) is 1.37. The topological polar surface area (TPSA) is 67.8 Å². The Morgan fingerprint density at radius 2 is 2.00 bits per heavy atom. The van der Waals surface area contributed by atoms with Gasteiger partial charge in [0.25, 0.3) is 5.91 Å². The highest BCUT2D eigenvalue weighted by Crippen LogP contribution is 2.15. The molecule has 2 heterocycles. The summed E-state index contributed by atoms with van der Waals surface area (Å²) in [6, 6.07) is 10.6. The number of hydrogen-bond acceptors (Lipinski definition) is 4. The predicted octanol–water partition coefficient (Wildman–Crippen LogP) is 2.93. The van der Waals surface area contributed by atoms with Gasteiger partial charge in [0.05, 0.1) is 5.52 Å². The number of halogens is 1. The molecule has 20 heavy (non-hydrogen) atoms. The molecule has 0 fully saturated rings. The summed E-state index contributed by atoms with van der Waals surface area (Å²) >= 11 is 5.67. The Bertz CT molecular complexity index is 791. The molecule has 0 saturated heterocycles. The van der Waals surface area contributed by atoms with E-state index in [1.54, 1.807) is 30.5 Å². The Labute approximate surface area is 119 Å². The van der Waals surface area contributed by atoms with E-state index in [4.69, 9.17) is 11.6 Å². The highest BCUT2D eigenvalue weighted by Gasteiger charge is 2.08. The lowest BCUT2D eigenvalue weighted by Crippen LogP contribution is -2.13. The van der Waals surface area contributed by atoms with Crippen LogP contribution in [-0.2, 0) is 0 Å². The summed E-state index contributed by atoms with van der Waals surface area (Å²) in [6.07, 6.45) is 3.19. The van der Waals surface area contributed by atoms with Gasteiger partial charge in [-0.15, -0.1) is 0 Å². The number of nitrogens with one attached hydrogen (secondary N) is 1. The van der Waals surface area contributed by atoms with E-state index in [2.05, 4.69) is 20.3 Å². The van der Waals surface area contributed by atoms with Gasteiger partial charge in [0, 0.05) is 23.3 Å². The first-order valence-corrected chi connectivity index (χ1v) is 6.25. The summed E-state index contributed by atoms with van der Waals surface area (Å²) < 4.78 is 0. The normalized spacial score (nSPS) is 10.4. The lowest BCUT2D eigenvalue weighted by Gasteiger charge is -2.05. The van der Waals surface area contributed by atoms with E-state index in [9.17, 15) is 4.79 Å². The lowest BCUT2D eigenvalue weighted by molar-refractivity contribution is 0.102. The number of rotatable bonds is 2. The van der Waals surface area contributed by atoms with Crippen molar-refractivity contribution in [3.63, 3.8) is 0 Å². The van der Waals surface area contributed by atoms with Crippen molar-refractivity contribution in [2.24, 2.45) is 0 Å². The minimum Gasteiger partial charge on any atom is -0.306 e. The van der Waals surface area contributed by atoms with Gasteiger partial charge in [-0.1, -0.05) is 6.07 Å². The number of carbonyl (C=O) groups excluding carboxylic acids is 1. The van der Waals surface area contributed by atoms with Crippen molar-refractivity contribution < 1.29 is 4.79 Å². The molecule has 98 valence electrons. The van der Waals surface area contributed by atoms with Crippen LogP contribution in [0.5, 0.6) is 0 Å². The van der Waals surface area contributed by atoms with Crippen molar-refractivity contribution in [2.45, 2.75) is 0 Å². The number of anilines is 1. The van der Waals surface area contributed by atoms with E-state index < -0.39 is 0 Å². The Balaban J connectivity index is 1.88. The Hall–Kier alpha value is -2.53. The van der Waals surface area contributed by atoms with Crippen LogP contribution in [0.1, 0.15) is 10.4 Å². The van der Waals surface area contributed by atoms with E-state index in [0.717, 1.165) is 10.9 Å². The molecule has 0 aliphatic rings. The van der Waals surface area contributed by atoms with Gasteiger partial charge in [-0.3, -0.25) is 9.78 Å². The first-order valence-electron chi connectivity index (χ1n) is 5.87. The number of carbonyl (C=O) groups is 1. The predicted molar refractivity (Wildman–Crippen MR) is 76.7 cm³/mol. The van der Waals surface area contributed by atoms with Crippen LogP contribution in [0.4, 0.5) is 5.82 Å². The van der Waals surface area contributed by atoms with Crippen molar-refractivity contribution in [2.75, 3.05) is 5.32 Å². The van der Waals surface area contributed by atoms with E-state index in [-0.39, 0.29) is 11.2 Å². The summed E-state index contributed by atoms with van der Waals surface area (Å²) in [4.78, 5) is 24.0. The number of hydrogen-bond donors (Lipinski definition) is 1. The molecule has 0 unspecified atom stereocenters. The zero-order chi connectivity index (χ0) is 13.9. The average Bonchev–Trinajstić information content (AvgIpc) is 2.47. The zero-order valence-corrected chi connectivity index (χ0v) is 11.0. The number of pyridine rings is 1. The summed E-state index contributed by atoms with van der Waals surface area (Å²) in [5, 5.41) is 3.66. The summed E-state index contributed by atoms with van der Waals surface area (Å²) in [5.74, 6) is 0.104. The quantitative estimate of drug-likeness (QED) is 0.735. The van der Waals surface area contributed by atoms with Crippen molar-refractivity contribution in [1.29, 1.82) is 0 Å². The van der Waals surface area contributed by atoms with Gasteiger partial charge in [-0.05, 0) is 41.9 Å². The van der Waals surface area contributed by atoms with Crippen molar-refractivity contribution >= 4 is 34.2 Å². The van der Waals surface area contributed by atoms with Crippen LogP contribution in [0.2, 0.25) is 5.28 Å². The molecule has 1 amide bonds. The fourth-order valence-corrected chi connectivity index (χ4v) is 1.96. The molecule has 0 saturated carbocycles. The van der Waals surface area contributed by atoms with E-state index in [1.165, 1.54) is 6.20 Å². The number of nitrogens with zero attached hydrogens (tertiary/aromatic N) is 3. The van der Waals surface area contributed by atoms with Crippen LogP contribution in [0.3, 0.4) is 0 Å². The molecule has 2 aromatic heterocycles. The molecular weight excluding hydrogens is 276 g/mol. The van der Waals surface area contributed by atoms with E-state index in [0.29, 0.717) is 11.4 Å². The number of aromatic nitrogens is 3. The Kier molecular flexibility index (Phi) is 3.26. The molecule has 0 aliphatic carbocycles. The number of amides is 1. The van der Waals surface area contributed by atoms with Gasteiger partial charge >= 0.3 is 0 Å². The van der Waals surface area contributed by atoms with Gasteiger partial charge in [0.2, 0.25) is 5.28 Å². The molecule has 0 aliphatic heterocycles. The molecule has 0 atom stereocenters. The molecule has 3 aromatic rings. The summed E-state index contributed by atoms with van der Waals surface area (Å²) in [7, 11) is 0.